The van der Waals surface area contributed by atoms with Crippen molar-refractivity contribution >= 4 is 23.4 Å². The van der Waals surface area contributed by atoms with Crippen LogP contribution in [-0.2, 0) is 29.0 Å². The highest BCUT2D eigenvalue weighted by molar-refractivity contribution is 6.31. The van der Waals surface area contributed by atoms with Crippen molar-refractivity contribution in [2.24, 2.45) is 0 Å². The summed E-state index contributed by atoms with van der Waals surface area (Å²) in [5, 5.41) is 3.58. The Hall–Kier alpha value is -3.11. The minimum absolute atomic E-state index is 0.0670. The summed E-state index contributed by atoms with van der Waals surface area (Å²) in [6, 6.07) is 24.9. The molecule has 3 rings (SSSR count). The molecule has 172 valence electrons. The first-order valence-corrected chi connectivity index (χ1v) is 11.8. The van der Waals surface area contributed by atoms with Crippen molar-refractivity contribution in [2.75, 3.05) is 6.54 Å². The van der Waals surface area contributed by atoms with Crippen LogP contribution in [0.4, 0.5) is 0 Å². The Morgan fingerprint density at radius 3 is 2.24 bits per heavy atom. The number of aryl methyl sites for hydroxylation is 2. The molecule has 33 heavy (non-hydrogen) atoms. The Labute approximate surface area is 201 Å². The van der Waals surface area contributed by atoms with E-state index < -0.39 is 6.04 Å². The Balaban J connectivity index is 1.89. The van der Waals surface area contributed by atoms with E-state index in [-0.39, 0.29) is 18.2 Å². The van der Waals surface area contributed by atoms with E-state index in [4.69, 9.17) is 11.6 Å². The van der Waals surface area contributed by atoms with E-state index in [1.54, 1.807) is 4.90 Å². The Morgan fingerprint density at radius 1 is 0.909 bits per heavy atom. The van der Waals surface area contributed by atoms with Crippen molar-refractivity contribution in [2.45, 2.75) is 45.7 Å². The van der Waals surface area contributed by atoms with E-state index >= 15 is 0 Å². The zero-order valence-electron chi connectivity index (χ0n) is 19.3. The summed E-state index contributed by atoms with van der Waals surface area (Å²) < 4.78 is 0. The van der Waals surface area contributed by atoms with Crippen LogP contribution in [0, 0.1) is 6.92 Å². The first-order valence-electron chi connectivity index (χ1n) is 11.4. The van der Waals surface area contributed by atoms with Crippen molar-refractivity contribution < 1.29 is 9.59 Å². The number of carbonyl (C=O) groups excluding carboxylic acids is 2. The van der Waals surface area contributed by atoms with Gasteiger partial charge < -0.3 is 10.2 Å². The van der Waals surface area contributed by atoms with Crippen molar-refractivity contribution in [3.05, 3.63) is 106 Å². The zero-order valence-corrected chi connectivity index (χ0v) is 20.0. The van der Waals surface area contributed by atoms with Gasteiger partial charge in [-0.2, -0.15) is 0 Å². The van der Waals surface area contributed by atoms with Crippen molar-refractivity contribution in [3.63, 3.8) is 0 Å². The van der Waals surface area contributed by atoms with Gasteiger partial charge in [-0.1, -0.05) is 90.0 Å². The number of hydrogen-bond acceptors (Lipinski definition) is 2. The predicted octanol–water partition coefficient (Wildman–Crippen LogP) is 5.36. The van der Waals surface area contributed by atoms with Gasteiger partial charge in [-0.25, -0.2) is 0 Å². The normalized spacial score (nSPS) is 11.6. The number of hydrogen-bond donors (Lipinski definition) is 1. The smallest absolute Gasteiger partial charge is 0.243 e. The maximum Gasteiger partial charge on any atom is 0.243 e. The molecule has 5 heteroatoms. The summed E-state index contributed by atoms with van der Waals surface area (Å²) in [5.74, 6) is -0.206. The average Bonchev–Trinajstić information content (AvgIpc) is 2.82. The second-order valence-electron chi connectivity index (χ2n) is 8.20. The highest BCUT2D eigenvalue weighted by atomic mass is 35.5. The van der Waals surface area contributed by atoms with Crippen molar-refractivity contribution in [1.82, 2.24) is 10.2 Å². The molecule has 0 unspecified atom stereocenters. The first kappa shape index (κ1) is 24.5. The van der Waals surface area contributed by atoms with E-state index in [2.05, 4.69) is 5.32 Å². The first-order chi connectivity index (χ1) is 16.0. The van der Waals surface area contributed by atoms with Gasteiger partial charge in [0.2, 0.25) is 11.8 Å². The molecule has 0 saturated heterocycles. The van der Waals surface area contributed by atoms with E-state index in [9.17, 15) is 9.59 Å². The van der Waals surface area contributed by atoms with Crippen molar-refractivity contribution in [1.29, 1.82) is 0 Å². The van der Waals surface area contributed by atoms with Crippen LogP contribution in [-0.4, -0.2) is 29.3 Å². The molecule has 0 heterocycles. The molecule has 0 bridgehead atoms. The Kier molecular flexibility index (Phi) is 9.08. The number of nitrogens with zero attached hydrogens (tertiary/aromatic N) is 1. The van der Waals surface area contributed by atoms with Gasteiger partial charge in [0.15, 0.2) is 0 Å². The average molecular weight is 463 g/mol. The fourth-order valence-corrected chi connectivity index (χ4v) is 4.05. The van der Waals surface area contributed by atoms with E-state index in [0.29, 0.717) is 31.0 Å². The molecule has 0 aliphatic heterocycles. The van der Waals surface area contributed by atoms with Crippen LogP contribution in [0.3, 0.4) is 0 Å². The van der Waals surface area contributed by atoms with Crippen LogP contribution in [0.15, 0.2) is 78.9 Å². The Morgan fingerprint density at radius 2 is 1.58 bits per heavy atom. The lowest BCUT2D eigenvalue weighted by molar-refractivity contribution is -0.141. The SMILES string of the molecule is CCNC(=O)[C@@H](Cc1ccccc1)N(Cc1ccc(C)cc1)C(=O)CCc1ccccc1Cl. The molecule has 0 radical (unpaired) electrons. The highest BCUT2D eigenvalue weighted by Gasteiger charge is 2.30. The summed E-state index contributed by atoms with van der Waals surface area (Å²) in [4.78, 5) is 28.4. The molecule has 3 aromatic rings. The third kappa shape index (κ3) is 7.19. The summed E-state index contributed by atoms with van der Waals surface area (Å²) >= 11 is 6.30. The molecule has 4 nitrogen and oxygen atoms in total. The van der Waals surface area contributed by atoms with Crippen LogP contribution < -0.4 is 5.32 Å². The lowest BCUT2D eigenvalue weighted by Gasteiger charge is -2.31. The van der Waals surface area contributed by atoms with Gasteiger partial charge >= 0.3 is 0 Å². The monoisotopic (exact) mass is 462 g/mol. The van der Waals surface area contributed by atoms with E-state index in [1.165, 1.54) is 0 Å². The molecule has 0 aromatic heterocycles. The summed E-state index contributed by atoms with van der Waals surface area (Å²) in [5.41, 5.74) is 4.09. The van der Waals surface area contributed by atoms with Gasteiger partial charge in [-0.15, -0.1) is 0 Å². The summed E-state index contributed by atoms with van der Waals surface area (Å²) in [6.07, 6.45) is 1.26. The summed E-state index contributed by atoms with van der Waals surface area (Å²) in [7, 11) is 0. The van der Waals surface area contributed by atoms with Crippen molar-refractivity contribution in [3.8, 4) is 0 Å². The third-order valence-corrected chi connectivity index (χ3v) is 6.03. The van der Waals surface area contributed by atoms with Crippen LogP contribution >= 0.6 is 11.6 Å². The number of rotatable bonds is 10. The predicted molar refractivity (Wildman–Crippen MR) is 134 cm³/mol. The zero-order chi connectivity index (χ0) is 23.6. The van der Waals surface area contributed by atoms with Crippen LogP contribution in [0.5, 0.6) is 0 Å². The number of likely N-dealkylation sites (N-methyl/N-ethyl adjacent to an activating group) is 1. The molecule has 0 saturated carbocycles. The molecule has 1 N–H and O–H groups in total. The van der Waals surface area contributed by atoms with Crippen LogP contribution in [0.1, 0.15) is 35.6 Å². The number of nitrogens with one attached hydrogen (secondary N) is 1. The molecular formula is C28H31ClN2O2. The van der Waals surface area contributed by atoms with Gasteiger partial charge in [-0.3, -0.25) is 9.59 Å². The number of amides is 2. The maximum absolute atomic E-state index is 13.5. The second kappa shape index (κ2) is 12.2. The van der Waals surface area contributed by atoms with Crippen LogP contribution in [0.25, 0.3) is 0 Å². The molecular weight excluding hydrogens is 432 g/mol. The number of halogens is 1. The largest absolute Gasteiger partial charge is 0.355 e. The molecule has 1 atom stereocenters. The number of carbonyl (C=O) groups is 2. The minimum atomic E-state index is -0.604. The highest BCUT2D eigenvalue weighted by Crippen LogP contribution is 2.20. The van der Waals surface area contributed by atoms with Gasteiger partial charge in [0, 0.05) is 31.0 Å². The molecule has 0 aliphatic rings. The molecule has 2 amide bonds. The second-order valence-corrected chi connectivity index (χ2v) is 8.61. The van der Waals surface area contributed by atoms with E-state index in [1.807, 2.05) is 92.7 Å². The van der Waals surface area contributed by atoms with Gasteiger partial charge in [0.25, 0.3) is 0 Å². The quantitative estimate of drug-likeness (QED) is 0.441. The van der Waals surface area contributed by atoms with Crippen LogP contribution in [0.2, 0.25) is 5.02 Å². The lowest BCUT2D eigenvalue weighted by atomic mass is 10.0. The van der Waals surface area contributed by atoms with E-state index in [0.717, 1.165) is 22.3 Å². The fourth-order valence-electron chi connectivity index (χ4n) is 3.82. The minimum Gasteiger partial charge on any atom is -0.355 e. The topological polar surface area (TPSA) is 49.4 Å². The molecule has 0 aliphatic carbocycles. The lowest BCUT2D eigenvalue weighted by Crippen LogP contribution is -2.50. The summed E-state index contributed by atoms with van der Waals surface area (Å²) in [6.45, 7) is 4.80. The van der Waals surface area contributed by atoms with Gasteiger partial charge in [-0.05, 0) is 43.0 Å². The standard InChI is InChI=1S/C28H31ClN2O2/c1-3-30-28(33)26(19-22-9-5-4-6-10-22)31(20-23-15-13-21(2)14-16-23)27(32)18-17-24-11-7-8-12-25(24)29/h4-16,26H,3,17-20H2,1-2H3,(H,30,33)/t26-/m1/s1. The van der Waals surface area contributed by atoms with Gasteiger partial charge in [0.05, 0.1) is 0 Å². The maximum atomic E-state index is 13.5. The Bertz CT molecular complexity index is 1050. The molecule has 0 fully saturated rings. The number of benzene rings is 3. The molecule has 3 aromatic carbocycles. The third-order valence-electron chi connectivity index (χ3n) is 5.66. The molecule has 0 spiro atoms. The van der Waals surface area contributed by atoms with Gasteiger partial charge in [0.1, 0.15) is 6.04 Å². The fraction of sp³-hybridized carbons (Fsp3) is 0.286.